The number of nitrogens with zero attached hydrogens (tertiary/aromatic N) is 1. The maximum Gasteiger partial charge on any atom is 0.164 e. The number of carbonyl (C=O) groups excluding carboxylic acids is 1. The number of hydrogen-bond acceptors (Lipinski definition) is 3. The number of nitrogens with one attached hydrogen (secondary N) is 1. The molecule has 3 heteroatoms. The monoisotopic (exact) mass is 254 g/mol. The molecule has 1 aromatic carbocycles. The maximum absolute atomic E-state index is 12.3. The minimum atomic E-state index is 0.215. The van der Waals surface area contributed by atoms with Crippen LogP contribution in [-0.2, 0) is 0 Å². The van der Waals surface area contributed by atoms with Crippen molar-refractivity contribution in [2.45, 2.75) is 19.3 Å². The van der Waals surface area contributed by atoms with Gasteiger partial charge in [0.05, 0.1) is 5.52 Å². The van der Waals surface area contributed by atoms with Crippen LogP contribution in [0.5, 0.6) is 0 Å². The normalized spacial score (nSPS) is 19.5. The summed E-state index contributed by atoms with van der Waals surface area (Å²) in [5, 5.41) is 4.39. The Morgan fingerprint density at radius 2 is 2.26 bits per heavy atom. The lowest BCUT2D eigenvalue weighted by molar-refractivity contribution is 0.0953. The summed E-state index contributed by atoms with van der Waals surface area (Å²) in [5.41, 5.74) is 1.68. The molecule has 3 nitrogen and oxygen atoms in total. The number of fused-ring (bicyclic) bond motifs is 1. The van der Waals surface area contributed by atoms with E-state index in [9.17, 15) is 4.79 Å². The molecule has 0 saturated carbocycles. The van der Waals surface area contributed by atoms with Crippen molar-refractivity contribution in [2.24, 2.45) is 5.92 Å². The molecule has 19 heavy (non-hydrogen) atoms. The van der Waals surface area contributed by atoms with Gasteiger partial charge < -0.3 is 5.32 Å². The second-order valence-corrected chi connectivity index (χ2v) is 5.26. The number of para-hydroxylation sites is 1. The Morgan fingerprint density at radius 1 is 1.37 bits per heavy atom. The van der Waals surface area contributed by atoms with Gasteiger partial charge in [-0.05, 0) is 44.0 Å². The van der Waals surface area contributed by atoms with E-state index in [1.807, 2.05) is 30.3 Å². The fourth-order valence-corrected chi connectivity index (χ4v) is 2.70. The summed E-state index contributed by atoms with van der Waals surface area (Å²) >= 11 is 0. The molecule has 0 radical (unpaired) electrons. The molecule has 0 spiro atoms. The number of pyridine rings is 1. The van der Waals surface area contributed by atoms with E-state index in [1.165, 1.54) is 6.42 Å². The molecule has 98 valence electrons. The highest BCUT2D eigenvalue weighted by molar-refractivity contribution is 5.98. The highest BCUT2D eigenvalue weighted by atomic mass is 16.1. The van der Waals surface area contributed by atoms with Gasteiger partial charge in [0, 0.05) is 23.6 Å². The third-order valence-electron chi connectivity index (χ3n) is 3.79. The van der Waals surface area contributed by atoms with Crippen molar-refractivity contribution in [3.05, 3.63) is 42.1 Å². The van der Waals surface area contributed by atoms with Gasteiger partial charge in [-0.15, -0.1) is 0 Å². The third kappa shape index (κ3) is 2.82. The van der Waals surface area contributed by atoms with Crippen molar-refractivity contribution in [3.63, 3.8) is 0 Å². The number of aromatic nitrogens is 1. The molecule has 1 saturated heterocycles. The van der Waals surface area contributed by atoms with Gasteiger partial charge in [-0.2, -0.15) is 0 Å². The number of hydrogen-bond donors (Lipinski definition) is 1. The van der Waals surface area contributed by atoms with Crippen LogP contribution in [-0.4, -0.2) is 23.9 Å². The van der Waals surface area contributed by atoms with Gasteiger partial charge >= 0.3 is 0 Å². The van der Waals surface area contributed by atoms with Crippen LogP contribution in [0.15, 0.2) is 36.5 Å². The Bertz CT molecular complexity index is 588. The first-order chi connectivity index (χ1) is 9.33. The Morgan fingerprint density at radius 3 is 3.11 bits per heavy atom. The number of piperidine rings is 1. The molecule has 1 fully saturated rings. The predicted molar refractivity (Wildman–Crippen MR) is 76.3 cm³/mol. The molecule has 0 bridgehead atoms. The number of carbonyl (C=O) groups is 1. The predicted octanol–water partition coefficient (Wildman–Crippen LogP) is 2.81. The minimum absolute atomic E-state index is 0.215. The SMILES string of the molecule is O=C(CC1CCCNC1)c1cnc2ccccc2c1. The van der Waals surface area contributed by atoms with Crippen molar-refractivity contribution in [1.29, 1.82) is 0 Å². The first-order valence-corrected chi connectivity index (χ1v) is 6.91. The lowest BCUT2D eigenvalue weighted by Crippen LogP contribution is -2.31. The van der Waals surface area contributed by atoms with Crippen LogP contribution in [0.1, 0.15) is 29.6 Å². The van der Waals surface area contributed by atoms with Crippen molar-refractivity contribution >= 4 is 16.7 Å². The van der Waals surface area contributed by atoms with Crippen LogP contribution in [0, 0.1) is 5.92 Å². The van der Waals surface area contributed by atoms with E-state index < -0.39 is 0 Å². The molecule has 3 rings (SSSR count). The minimum Gasteiger partial charge on any atom is -0.316 e. The average Bonchev–Trinajstić information content (AvgIpc) is 2.48. The first-order valence-electron chi connectivity index (χ1n) is 6.91. The van der Waals surface area contributed by atoms with E-state index in [-0.39, 0.29) is 5.78 Å². The molecule has 1 aromatic heterocycles. The molecular weight excluding hydrogens is 236 g/mol. The summed E-state index contributed by atoms with van der Waals surface area (Å²) < 4.78 is 0. The standard InChI is InChI=1S/C16H18N2O/c19-16(8-12-4-3-7-17-10-12)14-9-13-5-1-2-6-15(13)18-11-14/h1-2,5-6,9,11-12,17H,3-4,7-8,10H2. The van der Waals surface area contributed by atoms with E-state index >= 15 is 0 Å². The van der Waals surface area contributed by atoms with Gasteiger partial charge in [-0.3, -0.25) is 9.78 Å². The van der Waals surface area contributed by atoms with Crippen LogP contribution in [0.2, 0.25) is 0 Å². The van der Waals surface area contributed by atoms with Crippen LogP contribution in [0.3, 0.4) is 0 Å². The van der Waals surface area contributed by atoms with E-state index in [2.05, 4.69) is 10.3 Å². The van der Waals surface area contributed by atoms with Gasteiger partial charge in [0.15, 0.2) is 5.78 Å². The molecule has 0 amide bonds. The first kappa shape index (κ1) is 12.3. The van der Waals surface area contributed by atoms with Gasteiger partial charge in [-0.25, -0.2) is 0 Å². The molecular formula is C16H18N2O. The zero-order chi connectivity index (χ0) is 13.1. The summed E-state index contributed by atoms with van der Waals surface area (Å²) in [5.74, 6) is 0.694. The summed E-state index contributed by atoms with van der Waals surface area (Å²) in [4.78, 5) is 16.6. The van der Waals surface area contributed by atoms with Crippen LogP contribution in [0.25, 0.3) is 10.9 Å². The summed E-state index contributed by atoms with van der Waals surface area (Å²) in [6.07, 6.45) is 4.67. The van der Waals surface area contributed by atoms with Crippen LogP contribution in [0.4, 0.5) is 0 Å². The second kappa shape index (κ2) is 5.49. The van der Waals surface area contributed by atoms with Crippen molar-refractivity contribution in [1.82, 2.24) is 10.3 Å². The topological polar surface area (TPSA) is 42.0 Å². The fourth-order valence-electron chi connectivity index (χ4n) is 2.70. The van der Waals surface area contributed by atoms with Crippen LogP contribution >= 0.6 is 0 Å². The molecule has 0 aliphatic carbocycles. The van der Waals surface area contributed by atoms with Crippen molar-refractivity contribution in [2.75, 3.05) is 13.1 Å². The Hall–Kier alpha value is -1.74. The molecule has 1 unspecified atom stereocenters. The molecule has 1 atom stereocenters. The number of Topliss-reactive ketones (excluding diaryl/α,β-unsaturated/α-hetero) is 1. The number of ketones is 1. The Labute approximate surface area is 113 Å². The smallest absolute Gasteiger partial charge is 0.164 e. The third-order valence-corrected chi connectivity index (χ3v) is 3.79. The summed E-state index contributed by atoms with van der Waals surface area (Å²) in [6, 6.07) is 9.87. The van der Waals surface area contributed by atoms with Gasteiger partial charge in [0.25, 0.3) is 0 Å². The number of rotatable bonds is 3. The molecule has 2 heterocycles. The maximum atomic E-state index is 12.3. The van der Waals surface area contributed by atoms with Crippen molar-refractivity contribution < 1.29 is 4.79 Å². The Kier molecular flexibility index (Phi) is 3.56. The highest BCUT2D eigenvalue weighted by Crippen LogP contribution is 2.19. The second-order valence-electron chi connectivity index (χ2n) is 5.26. The van der Waals surface area contributed by atoms with Crippen LogP contribution < -0.4 is 5.32 Å². The lowest BCUT2D eigenvalue weighted by Gasteiger charge is -2.21. The van der Waals surface area contributed by atoms with E-state index in [0.717, 1.165) is 36.0 Å². The summed E-state index contributed by atoms with van der Waals surface area (Å²) in [7, 11) is 0. The van der Waals surface area contributed by atoms with Gasteiger partial charge in [0.1, 0.15) is 0 Å². The largest absolute Gasteiger partial charge is 0.316 e. The lowest BCUT2D eigenvalue weighted by atomic mass is 9.92. The van der Waals surface area contributed by atoms with E-state index in [1.54, 1.807) is 6.20 Å². The highest BCUT2D eigenvalue weighted by Gasteiger charge is 2.18. The van der Waals surface area contributed by atoms with Crippen molar-refractivity contribution in [3.8, 4) is 0 Å². The molecule has 2 aromatic rings. The van der Waals surface area contributed by atoms with E-state index in [4.69, 9.17) is 0 Å². The van der Waals surface area contributed by atoms with Gasteiger partial charge in [-0.1, -0.05) is 18.2 Å². The Balaban J connectivity index is 1.77. The fraction of sp³-hybridized carbons (Fsp3) is 0.375. The molecule has 1 aliphatic heterocycles. The van der Waals surface area contributed by atoms with Gasteiger partial charge in [0.2, 0.25) is 0 Å². The van der Waals surface area contributed by atoms with E-state index in [0.29, 0.717) is 12.3 Å². The quantitative estimate of drug-likeness (QED) is 0.856. The molecule has 1 aliphatic rings. The zero-order valence-electron chi connectivity index (χ0n) is 10.9. The summed E-state index contributed by atoms with van der Waals surface area (Å²) in [6.45, 7) is 2.05. The number of benzene rings is 1. The average molecular weight is 254 g/mol. The molecule has 1 N–H and O–H groups in total. The zero-order valence-corrected chi connectivity index (χ0v) is 10.9.